The number of rotatable bonds is 3. The fraction of sp³-hybridized carbons (Fsp3) is 0. The minimum absolute atomic E-state index is 0.628. The summed E-state index contributed by atoms with van der Waals surface area (Å²) >= 11 is 3.53. The van der Waals surface area contributed by atoms with Crippen molar-refractivity contribution in [2.24, 2.45) is 0 Å². The van der Waals surface area contributed by atoms with Gasteiger partial charge in [0.1, 0.15) is 0 Å². The van der Waals surface area contributed by atoms with Crippen molar-refractivity contribution in [3.63, 3.8) is 0 Å². The van der Waals surface area contributed by atoms with Gasteiger partial charge in [-0.1, -0.05) is 70.5 Å². The molecule has 4 heteroatoms. The Bertz CT molecular complexity index is 1130. The van der Waals surface area contributed by atoms with Gasteiger partial charge < -0.3 is 0 Å². The molecule has 0 spiro atoms. The van der Waals surface area contributed by atoms with E-state index in [0.29, 0.717) is 11.4 Å². The van der Waals surface area contributed by atoms with Crippen molar-refractivity contribution in [2.75, 3.05) is 0 Å². The SMILES string of the molecule is N#Cc1ccc(-c2cc(-c3cccc(Br)c3)nc(-c3ccccc3)n2)cc1. The zero-order valence-corrected chi connectivity index (χ0v) is 15.9. The summed E-state index contributed by atoms with van der Waals surface area (Å²) in [6.45, 7) is 0. The molecular weight excluding hydrogens is 398 g/mol. The summed E-state index contributed by atoms with van der Waals surface area (Å²) in [5, 5.41) is 9.03. The van der Waals surface area contributed by atoms with Crippen LogP contribution in [0.25, 0.3) is 33.9 Å². The molecule has 0 aliphatic heterocycles. The van der Waals surface area contributed by atoms with Gasteiger partial charge in [-0.2, -0.15) is 5.26 Å². The minimum Gasteiger partial charge on any atom is -0.228 e. The maximum atomic E-state index is 9.03. The molecule has 0 atom stereocenters. The molecule has 3 nitrogen and oxygen atoms in total. The van der Waals surface area contributed by atoms with Gasteiger partial charge in [-0.15, -0.1) is 0 Å². The molecule has 27 heavy (non-hydrogen) atoms. The van der Waals surface area contributed by atoms with Gasteiger partial charge in [0.05, 0.1) is 23.0 Å². The molecule has 0 fully saturated rings. The van der Waals surface area contributed by atoms with Crippen LogP contribution in [-0.2, 0) is 0 Å². The second kappa shape index (κ2) is 7.53. The molecule has 0 bridgehead atoms. The Morgan fingerprint density at radius 1 is 0.667 bits per heavy atom. The summed E-state index contributed by atoms with van der Waals surface area (Å²) in [6, 6.07) is 29.6. The van der Waals surface area contributed by atoms with Crippen molar-refractivity contribution in [3.8, 4) is 40.0 Å². The highest BCUT2D eigenvalue weighted by atomic mass is 79.9. The fourth-order valence-corrected chi connectivity index (χ4v) is 3.22. The number of benzene rings is 3. The summed E-state index contributed by atoms with van der Waals surface area (Å²) in [5.74, 6) is 0.674. The number of aromatic nitrogens is 2. The van der Waals surface area contributed by atoms with E-state index in [1.54, 1.807) is 12.1 Å². The van der Waals surface area contributed by atoms with Gasteiger partial charge in [-0.05, 0) is 30.3 Å². The van der Waals surface area contributed by atoms with Crippen molar-refractivity contribution < 1.29 is 0 Å². The van der Waals surface area contributed by atoms with Crippen molar-refractivity contribution >= 4 is 15.9 Å². The number of nitrogens with zero attached hydrogens (tertiary/aromatic N) is 3. The van der Waals surface area contributed by atoms with Crippen molar-refractivity contribution in [2.45, 2.75) is 0 Å². The Kier molecular flexibility index (Phi) is 4.78. The maximum Gasteiger partial charge on any atom is 0.160 e. The molecule has 1 aromatic heterocycles. The summed E-state index contributed by atoms with van der Waals surface area (Å²) in [6.07, 6.45) is 0. The van der Waals surface area contributed by atoms with Crippen LogP contribution in [-0.4, -0.2) is 9.97 Å². The van der Waals surface area contributed by atoms with Crippen molar-refractivity contribution in [3.05, 3.63) is 95.0 Å². The Balaban J connectivity index is 1.90. The third-order valence-corrected chi connectivity index (χ3v) is 4.68. The highest BCUT2D eigenvalue weighted by Gasteiger charge is 2.10. The molecule has 0 amide bonds. The van der Waals surface area contributed by atoms with E-state index in [9.17, 15) is 0 Å². The maximum absolute atomic E-state index is 9.03. The van der Waals surface area contributed by atoms with Crippen LogP contribution in [0.5, 0.6) is 0 Å². The van der Waals surface area contributed by atoms with Gasteiger partial charge in [0, 0.05) is 21.2 Å². The summed E-state index contributed by atoms with van der Waals surface area (Å²) in [5.41, 5.74) is 5.23. The monoisotopic (exact) mass is 411 g/mol. The first-order chi connectivity index (χ1) is 13.2. The lowest BCUT2D eigenvalue weighted by Gasteiger charge is -2.09. The Hall–Kier alpha value is -3.29. The molecular formula is C23H14BrN3. The number of hydrogen-bond donors (Lipinski definition) is 0. The van der Waals surface area contributed by atoms with Crippen LogP contribution in [0, 0.1) is 11.3 Å². The smallest absolute Gasteiger partial charge is 0.160 e. The fourth-order valence-electron chi connectivity index (χ4n) is 2.82. The van der Waals surface area contributed by atoms with Gasteiger partial charge in [0.2, 0.25) is 0 Å². The minimum atomic E-state index is 0.628. The normalized spacial score (nSPS) is 10.4. The summed E-state index contributed by atoms with van der Waals surface area (Å²) < 4.78 is 1.000. The van der Waals surface area contributed by atoms with Crippen molar-refractivity contribution in [1.29, 1.82) is 5.26 Å². The quantitative estimate of drug-likeness (QED) is 0.408. The topological polar surface area (TPSA) is 49.6 Å². The third-order valence-electron chi connectivity index (χ3n) is 4.19. The zero-order valence-electron chi connectivity index (χ0n) is 14.3. The van der Waals surface area contributed by atoms with Gasteiger partial charge >= 0.3 is 0 Å². The van der Waals surface area contributed by atoms with Crippen LogP contribution in [0.15, 0.2) is 89.4 Å². The lowest BCUT2D eigenvalue weighted by atomic mass is 10.1. The van der Waals surface area contributed by atoms with E-state index in [0.717, 1.165) is 32.6 Å². The molecule has 3 aromatic carbocycles. The van der Waals surface area contributed by atoms with E-state index in [-0.39, 0.29) is 0 Å². The second-order valence-corrected chi connectivity index (χ2v) is 6.94. The first-order valence-electron chi connectivity index (χ1n) is 8.44. The number of nitriles is 1. The van der Waals surface area contributed by atoms with E-state index in [1.165, 1.54) is 0 Å². The van der Waals surface area contributed by atoms with E-state index in [1.807, 2.05) is 72.8 Å². The Labute approximate surface area is 166 Å². The van der Waals surface area contributed by atoms with Crippen LogP contribution in [0.4, 0.5) is 0 Å². The van der Waals surface area contributed by atoms with E-state index >= 15 is 0 Å². The molecule has 1 heterocycles. The highest BCUT2D eigenvalue weighted by Crippen LogP contribution is 2.28. The molecule has 0 radical (unpaired) electrons. The van der Waals surface area contributed by atoms with E-state index in [4.69, 9.17) is 15.2 Å². The van der Waals surface area contributed by atoms with E-state index in [2.05, 4.69) is 22.0 Å². The molecule has 0 aliphatic carbocycles. The van der Waals surface area contributed by atoms with Crippen LogP contribution < -0.4 is 0 Å². The van der Waals surface area contributed by atoms with Crippen LogP contribution >= 0.6 is 15.9 Å². The third kappa shape index (κ3) is 3.79. The zero-order chi connectivity index (χ0) is 18.6. The largest absolute Gasteiger partial charge is 0.228 e. The van der Waals surface area contributed by atoms with Crippen LogP contribution in [0.2, 0.25) is 0 Å². The molecule has 128 valence electrons. The van der Waals surface area contributed by atoms with Gasteiger partial charge in [-0.25, -0.2) is 9.97 Å². The Morgan fingerprint density at radius 2 is 1.33 bits per heavy atom. The predicted octanol–water partition coefficient (Wildman–Crippen LogP) is 6.11. The van der Waals surface area contributed by atoms with Gasteiger partial charge in [0.25, 0.3) is 0 Å². The van der Waals surface area contributed by atoms with Crippen molar-refractivity contribution in [1.82, 2.24) is 9.97 Å². The van der Waals surface area contributed by atoms with Gasteiger partial charge in [0.15, 0.2) is 5.82 Å². The summed E-state index contributed by atoms with van der Waals surface area (Å²) in [4.78, 5) is 9.56. The highest BCUT2D eigenvalue weighted by molar-refractivity contribution is 9.10. The molecule has 0 saturated heterocycles. The molecule has 0 N–H and O–H groups in total. The van der Waals surface area contributed by atoms with Gasteiger partial charge in [-0.3, -0.25) is 0 Å². The molecule has 4 rings (SSSR count). The number of halogens is 1. The molecule has 0 unspecified atom stereocenters. The molecule has 0 saturated carbocycles. The average Bonchev–Trinajstić information content (AvgIpc) is 2.74. The standard InChI is InChI=1S/C23H14BrN3/c24-20-8-4-7-19(13-20)22-14-21(17-11-9-16(15-25)10-12-17)26-23(27-22)18-5-2-1-3-6-18/h1-14H. The first kappa shape index (κ1) is 17.1. The average molecular weight is 412 g/mol. The van der Waals surface area contributed by atoms with E-state index < -0.39 is 0 Å². The lowest BCUT2D eigenvalue weighted by Crippen LogP contribution is -1.96. The second-order valence-electron chi connectivity index (χ2n) is 6.03. The predicted molar refractivity (Wildman–Crippen MR) is 111 cm³/mol. The lowest BCUT2D eigenvalue weighted by molar-refractivity contribution is 1.18. The Morgan fingerprint density at radius 3 is 2.00 bits per heavy atom. The van der Waals surface area contributed by atoms with Crippen LogP contribution in [0.1, 0.15) is 5.56 Å². The summed E-state index contributed by atoms with van der Waals surface area (Å²) in [7, 11) is 0. The molecule has 4 aromatic rings. The van der Waals surface area contributed by atoms with Crippen LogP contribution in [0.3, 0.4) is 0 Å². The first-order valence-corrected chi connectivity index (χ1v) is 9.23. The number of hydrogen-bond acceptors (Lipinski definition) is 3. The molecule has 0 aliphatic rings.